The summed E-state index contributed by atoms with van der Waals surface area (Å²) in [6.07, 6.45) is 3.27. The molecule has 2 N–H and O–H groups in total. The molecule has 0 amide bonds. The van der Waals surface area contributed by atoms with Gasteiger partial charge in [0, 0.05) is 10.8 Å². The minimum Gasteiger partial charge on any atom is -0.323 e. The number of allylic oxidation sites excluding steroid dienone is 1. The Morgan fingerprint density at radius 3 is 2.93 bits per heavy atom. The van der Waals surface area contributed by atoms with Gasteiger partial charge in [0.05, 0.1) is 6.20 Å². The van der Waals surface area contributed by atoms with E-state index in [1.54, 1.807) is 12.3 Å². The number of nitrogens with two attached hydrogens (primary N) is 1. The highest BCUT2D eigenvalue weighted by Crippen LogP contribution is 2.15. The molecule has 4 heteroatoms. The summed E-state index contributed by atoms with van der Waals surface area (Å²) >= 11 is 0. The van der Waals surface area contributed by atoms with Crippen molar-refractivity contribution < 1.29 is 0 Å². The molecule has 0 spiro atoms. The number of rotatable bonds is 2. The summed E-state index contributed by atoms with van der Waals surface area (Å²) in [6, 6.07) is 7.80. The van der Waals surface area contributed by atoms with E-state index in [0.29, 0.717) is 11.4 Å². The SMILES string of the molecule is C=CC(=NN)c1nncc2ccccc12. The lowest BCUT2D eigenvalue weighted by atomic mass is 10.1. The second kappa shape index (κ2) is 3.88. The van der Waals surface area contributed by atoms with Gasteiger partial charge in [0.15, 0.2) is 0 Å². The molecule has 1 heterocycles. The normalized spacial score (nSPS) is 11.6. The van der Waals surface area contributed by atoms with E-state index in [0.717, 1.165) is 10.8 Å². The van der Waals surface area contributed by atoms with Crippen molar-refractivity contribution in [3.63, 3.8) is 0 Å². The molecular formula is C11H10N4. The van der Waals surface area contributed by atoms with Gasteiger partial charge in [-0.3, -0.25) is 0 Å². The van der Waals surface area contributed by atoms with E-state index in [1.165, 1.54) is 0 Å². The van der Waals surface area contributed by atoms with E-state index in [9.17, 15) is 0 Å². The number of hydrogen-bond acceptors (Lipinski definition) is 4. The highest BCUT2D eigenvalue weighted by Gasteiger charge is 2.06. The molecule has 15 heavy (non-hydrogen) atoms. The third-order valence-corrected chi connectivity index (χ3v) is 2.15. The van der Waals surface area contributed by atoms with Crippen LogP contribution in [0.15, 0.2) is 48.2 Å². The zero-order valence-corrected chi connectivity index (χ0v) is 8.09. The summed E-state index contributed by atoms with van der Waals surface area (Å²) in [5.41, 5.74) is 1.20. The molecule has 0 radical (unpaired) electrons. The van der Waals surface area contributed by atoms with Crippen molar-refractivity contribution in [2.24, 2.45) is 10.9 Å². The van der Waals surface area contributed by atoms with Crippen molar-refractivity contribution in [2.45, 2.75) is 0 Å². The van der Waals surface area contributed by atoms with Crippen LogP contribution in [0.25, 0.3) is 10.8 Å². The minimum atomic E-state index is 0.541. The van der Waals surface area contributed by atoms with Gasteiger partial charge in [-0.05, 0) is 6.08 Å². The lowest BCUT2D eigenvalue weighted by molar-refractivity contribution is 1.03. The first-order chi connectivity index (χ1) is 7.36. The molecule has 0 bridgehead atoms. The Balaban J connectivity index is 2.76. The van der Waals surface area contributed by atoms with Crippen LogP contribution in [0.4, 0.5) is 0 Å². The zero-order chi connectivity index (χ0) is 10.7. The fraction of sp³-hybridized carbons (Fsp3) is 0. The predicted molar refractivity (Wildman–Crippen MR) is 60.5 cm³/mol. The van der Waals surface area contributed by atoms with Crippen LogP contribution in [-0.2, 0) is 0 Å². The highest BCUT2D eigenvalue weighted by atomic mass is 15.1. The number of hydrazone groups is 1. The van der Waals surface area contributed by atoms with E-state index in [-0.39, 0.29) is 0 Å². The van der Waals surface area contributed by atoms with Crippen molar-refractivity contribution in [3.05, 3.63) is 48.8 Å². The molecule has 0 fully saturated rings. The molecule has 4 nitrogen and oxygen atoms in total. The molecule has 0 saturated heterocycles. The van der Waals surface area contributed by atoms with Crippen LogP contribution >= 0.6 is 0 Å². The van der Waals surface area contributed by atoms with Crippen molar-refractivity contribution in [2.75, 3.05) is 0 Å². The first kappa shape index (κ1) is 9.33. The molecular weight excluding hydrogens is 188 g/mol. The summed E-state index contributed by atoms with van der Waals surface area (Å²) in [5, 5.41) is 13.5. The Morgan fingerprint density at radius 2 is 2.20 bits per heavy atom. The van der Waals surface area contributed by atoms with Gasteiger partial charge in [-0.1, -0.05) is 30.8 Å². The van der Waals surface area contributed by atoms with E-state index in [4.69, 9.17) is 5.84 Å². The van der Waals surface area contributed by atoms with Crippen LogP contribution in [-0.4, -0.2) is 15.9 Å². The fourth-order valence-electron chi connectivity index (χ4n) is 1.43. The van der Waals surface area contributed by atoms with E-state index in [1.807, 2.05) is 24.3 Å². The first-order valence-corrected chi connectivity index (χ1v) is 4.48. The van der Waals surface area contributed by atoms with E-state index in [2.05, 4.69) is 21.9 Å². The summed E-state index contributed by atoms with van der Waals surface area (Å²) in [5.74, 6) is 5.26. The van der Waals surface area contributed by atoms with Crippen LogP contribution in [0.5, 0.6) is 0 Å². The van der Waals surface area contributed by atoms with Crippen molar-refractivity contribution in [1.29, 1.82) is 0 Å². The Kier molecular flexibility index (Phi) is 2.41. The molecule has 0 atom stereocenters. The lowest BCUT2D eigenvalue weighted by Crippen LogP contribution is -2.05. The number of aromatic nitrogens is 2. The number of fused-ring (bicyclic) bond motifs is 1. The van der Waals surface area contributed by atoms with Crippen molar-refractivity contribution in [3.8, 4) is 0 Å². The molecule has 1 aromatic carbocycles. The third kappa shape index (κ3) is 1.57. The van der Waals surface area contributed by atoms with Gasteiger partial charge in [-0.25, -0.2) is 0 Å². The standard InChI is InChI=1S/C11H10N4/c1-2-10(14-12)11-9-6-4-3-5-8(9)7-13-15-11/h2-7H,1,12H2. The average Bonchev–Trinajstić information content (AvgIpc) is 2.31. The smallest absolute Gasteiger partial charge is 0.121 e. The monoisotopic (exact) mass is 198 g/mol. The predicted octanol–water partition coefficient (Wildman–Crippen LogP) is 1.48. The molecule has 2 aromatic rings. The first-order valence-electron chi connectivity index (χ1n) is 4.48. The molecule has 0 unspecified atom stereocenters. The van der Waals surface area contributed by atoms with Gasteiger partial charge < -0.3 is 5.84 Å². The summed E-state index contributed by atoms with van der Waals surface area (Å²) in [6.45, 7) is 3.64. The maximum Gasteiger partial charge on any atom is 0.121 e. The number of hydrogen-bond donors (Lipinski definition) is 1. The van der Waals surface area contributed by atoms with Crippen LogP contribution in [0.1, 0.15) is 5.69 Å². The number of benzene rings is 1. The molecule has 2 rings (SSSR count). The van der Waals surface area contributed by atoms with Crippen LogP contribution < -0.4 is 5.84 Å². The largest absolute Gasteiger partial charge is 0.323 e. The molecule has 1 aromatic heterocycles. The van der Waals surface area contributed by atoms with Crippen molar-refractivity contribution in [1.82, 2.24) is 10.2 Å². The highest BCUT2D eigenvalue weighted by molar-refractivity contribution is 6.14. The van der Waals surface area contributed by atoms with Gasteiger partial charge in [-0.15, -0.1) is 5.10 Å². The Labute approximate surface area is 87.1 Å². The van der Waals surface area contributed by atoms with E-state index >= 15 is 0 Å². The summed E-state index contributed by atoms with van der Waals surface area (Å²) < 4.78 is 0. The maximum absolute atomic E-state index is 5.26. The molecule has 0 aliphatic carbocycles. The summed E-state index contributed by atoms with van der Waals surface area (Å²) in [4.78, 5) is 0. The van der Waals surface area contributed by atoms with Crippen LogP contribution in [0.3, 0.4) is 0 Å². The molecule has 0 aliphatic rings. The van der Waals surface area contributed by atoms with Gasteiger partial charge in [-0.2, -0.15) is 10.2 Å². The van der Waals surface area contributed by atoms with Gasteiger partial charge >= 0.3 is 0 Å². The minimum absolute atomic E-state index is 0.541. The maximum atomic E-state index is 5.26. The van der Waals surface area contributed by atoms with Gasteiger partial charge in [0.25, 0.3) is 0 Å². The lowest BCUT2D eigenvalue weighted by Gasteiger charge is -2.02. The van der Waals surface area contributed by atoms with Gasteiger partial charge in [0.2, 0.25) is 0 Å². The Hall–Kier alpha value is -2.23. The quantitative estimate of drug-likeness (QED) is 0.451. The second-order valence-electron chi connectivity index (χ2n) is 3.00. The third-order valence-electron chi connectivity index (χ3n) is 2.15. The van der Waals surface area contributed by atoms with Crippen molar-refractivity contribution >= 4 is 16.5 Å². The summed E-state index contributed by atoms with van der Waals surface area (Å²) in [7, 11) is 0. The Bertz CT molecular complexity index is 526. The topological polar surface area (TPSA) is 64.2 Å². The van der Waals surface area contributed by atoms with E-state index < -0.39 is 0 Å². The fourth-order valence-corrected chi connectivity index (χ4v) is 1.43. The second-order valence-corrected chi connectivity index (χ2v) is 3.00. The molecule has 74 valence electrons. The van der Waals surface area contributed by atoms with Crippen LogP contribution in [0.2, 0.25) is 0 Å². The molecule has 0 saturated carbocycles. The number of nitrogens with zero attached hydrogens (tertiary/aromatic N) is 3. The zero-order valence-electron chi connectivity index (χ0n) is 8.09. The average molecular weight is 198 g/mol. The van der Waals surface area contributed by atoms with Gasteiger partial charge in [0.1, 0.15) is 11.4 Å². The molecule has 0 aliphatic heterocycles. The Morgan fingerprint density at radius 1 is 1.40 bits per heavy atom. The van der Waals surface area contributed by atoms with Crippen LogP contribution in [0, 0.1) is 0 Å².